The molecule has 1 amide bonds. The molecule has 0 aliphatic carbocycles. The Bertz CT molecular complexity index is 432. The Kier molecular flexibility index (Phi) is 2.63. The van der Waals surface area contributed by atoms with E-state index in [1.807, 2.05) is 36.4 Å². The van der Waals surface area contributed by atoms with Gasteiger partial charge in [0.05, 0.1) is 19.3 Å². The average Bonchev–Trinajstić information content (AvgIpc) is 2.28. The standard InChI is InChI=1S/C12H12N2O2/c1-14(10-5-3-2-4-6-10)11(15)12(7-13)8-16-9-12/h2-6H,8-9H2,1H3. The van der Waals surface area contributed by atoms with Crippen LogP contribution in [-0.2, 0) is 9.53 Å². The van der Waals surface area contributed by atoms with Crippen LogP contribution >= 0.6 is 0 Å². The van der Waals surface area contributed by atoms with Crippen LogP contribution in [-0.4, -0.2) is 26.2 Å². The Labute approximate surface area is 94.0 Å². The van der Waals surface area contributed by atoms with Crippen LogP contribution in [0.3, 0.4) is 0 Å². The second kappa shape index (κ2) is 3.95. The van der Waals surface area contributed by atoms with Crippen LogP contribution in [0.15, 0.2) is 30.3 Å². The maximum atomic E-state index is 12.1. The van der Waals surface area contributed by atoms with Crippen molar-refractivity contribution >= 4 is 11.6 Å². The fraction of sp³-hybridized carbons (Fsp3) is 0.333. The molecule has 0 bridgehead atoms. The molecule has 1 heterocycles. The third-order valence-corrected chi connectivity index (χ3v) is 2.77. The quantitative estimate of drug-likeness (QED) is 0.746. The molecule has 2 rings (SSSR count). The van der Waals surface area contributed by atoms with E-state index < -0.39 is 5.41 Å². The highest BCUT2D eigenvalue weighted by Crippen LogP contribution is 2.30. The first-order chi connectivity index (χ1) is 7.69. The zero-order valence-electron chi connectivity index (χ0n) is 9.01. The van der Waals surface area contributed by atoms with Crippen LogP contribution < -0.4 is 4.90 Å². The molecular weight excluding hydrogens is 204 g/mol. The lowest BCUT2D eigenvalue weighted by Crippen LogP contribution is -2.53. The van der Waals surface area contributed by atoms with Crippen LogP contribution in [0.1, 0.15) is 0 Å². The van der Waals surface area contributed by atoms with Crippen LogP contribution in [0.5, 0.6) is 0 Å². The highest BCUT2D eigenvalue weighted by atomic mass is 16.5. The maximum Gasteiger partial charge on any atom is 0.252 e. The monoisotopic (exact) mass is 216 g/mol. The van der Waals surface area contributed by atoms with Gasteiger partial charge in [-0.1, -0.05) is 18.2 Å². The van der Waals surface area contributed by atoms with Crippen LogP contribution in [0.2, 0.25) is 0 Å². The number of carbonyl (C=O) groups is 1. The molecule has 0 N–H and O–H groups in total. The topological polar surface area (TPSA) is 53.3 Å². The minimum atomic E-state index is -0.982. The van der Waals surface area contributed by atoms with Gasteiger partial charge in [0, 0.05) is 12.7 Å². The summed E-state index contributed by atoms with van der Waals surface area (Å²) in [5.74, 6) is -0.201. The number of carbonyl (C=O) groups excluding carboxylic acids is 1. The number of nitriles is 1. The Morgan fingerprint density at radius 3 is 2.50 bits per heavy atom. The number of hydrogen-bond acceptors (Lipinski definition) is 3. The number of hydrogen-bond donors (Lipinski definition) is 0. The summed E-state index contributed by atoms with van der Waals surface area (Å²) in [6.45, 7) is 0.388. The van der Waals surface area contributed by atoms with E-state index in [2.05, 4.69) is 0 Å². The number of nitrogens with zero attached hydrogens (tertiary/aromatic N) is 2. The van der Waals surface area contributed by atoms with Crippen molar-refractivity contribution in [1.82, 2.24) is 0 Å². The van der Waals surface area contributed by atoms with E-state index in [-0.39, 0.29) is 19.1 Å². The summed E-state index contributed by atoms with van der Waals surface area (Å²) >= 11 is 0. The van der Waals surface area contributed by atoms with Gasteiger partial charge in [-0.25, -0.2) is 0 Å². The molecular formula is C12H12N2O2. The van der Waals surface area contributed by atoms with Crippen molar-refractivity contribution in [1.29, 1.82) is 5.26 Å². The third kappa shape index (κ3) is 1.55. The molecule has 1 saturated heterocycles. The summed E-state index contributed by atoms with van der Waals surface area (Å²) in [4.78, 5) is 13.6. The number of rotatable bonds is 2. The molecule has 0 unspecified atom stereocenters. The number of benzene rings is 1. The van der Waals surface area contributed by atoms with Crippen molar-refractivity contribution in [2.75, 3.05) is 25.2 Å². The Balaban J connectivity index is 2.20. The van der Waals surface area contributed by atoms with E-state index in [0.29, 0.717) is 0 Å². The second-order valence-electron chi connectivity index (χ2n) is 3.89. The summed E-state index contributed by atoms with van der Waals surface area (Å²) in [6, 6.07) is 11.3. The van der Waals surface area contributed by atoms with Gasteiger partial charge in [-0.3, -0.25) is 4.79 Å². The van der Waals surface area contributed by atoms with E-state index in [1.165, 1.54) is 4.90 Å². The van der Waals surface area contributed by atoms with Crippen molar-refractivity contribution in [2.24, 2.45) is 5.41 Å². The molecule has 0 atom stereocenters. The van der Waals surface area contributed by atoms with Crippen LogP contribution in [0, 0.1) is 16.7 Å². The van der Waals surface area contributed by atoms with Crippen LogP contribution in [0.4, 0.5) is 5.69 Å². The summed E-state index contributed by atoms with van der Waals surface area (Å²) in [5.41, 5.74) is -0.195. The fourth-order valence-electron chi connectivity index (χ4n) is 1.63. The average molecular weight is 216 g/mol. The molecule has 0 radical (unpaired) electrons. The molecule has 0 aromatic heterocycles. The highest BCUT2D eigenvalue weighted by Gasteiger charge is 2.48. The lowest BCUT2D eigenvalue weighted by atomic mass is 9.86. The predicted octanol–water partition coefficient (Wildman–Crippen LogP) is 1.19. The first-order valence-electron chi connectivity index (χ1n) is 5.02. The van der Waals surface area contributed by atoms with Crippen molar-refractivity contribution in [3.05, 3.63) is 30.3 Å². The zero-order chi connectivity index (χ0) is 11.6. The van der Waals surface area contributed by atoms with Gasteiger partial charge in [-0.15, -0.1) is 0 Å². The van der Waals surface area contributed by atoms with Crippen molar-refractivity contribution < 1.29 is 9.53 Å². The van der Waals surface area contributed by atoms with Crippen molar-refractivity contribution in [3.8, 4) is 6.07 Å². The van der Waals surface area contributed by atoms with E-state index in [0.717, 1.165) is 5.69 Å². The Morgan fingerprint density at radius 1 is 1.44 bits per heavy atom. The summed E-state index contributed by atoms with van der Waals surface area (Å²) in [7, 11) is 1.68. The van der Waals surface area contributed by atoms with E-state index >= 15 is 0 Å². The van der Waals surface area contributed by atoms with Gasteiger partial charge in [-0.05, 0) is 12.1 Å². The molecule has 0 spiro atoms. The van der Waals surface area contributed by atoms with Gasteiger partial charge in [-0.2, -0.15) is 5.26 Å². The maximum absolute atomic E-state index is 12.1. The number of ether oxygens (including phenoxy) is 1. The van der Waals surface area contributed by atoms with Gasteiger partial charge in [0.2, 0.25) is 0 Å². The minimum Gasteiger partial charge on any atom is -0.377 e. The third-order valence-electron chi connectivity index (χ3n) is 2.77. The first-order valence-corrected chi connectivity index (χ1v) is 5.02. The molecule has 4 heteroatoms. The fourth-order valence-corrected chi connectivity index (χ4v) is 1.63. The van der Waals surface area contributed by atoms with Gasteiger partial charge < -0.3 is 9.64 Å². The Morgan fingerprint density at radius 2 is 2.06 bits per heavy atom. The van der Waals surface area contributed by atoms with Gasteiger partial charge in [0.15, 0.2) is 5.41 Å². The molecule has 1 aromatic rings. The minimum absolute atomic E-state index is 0.194. The molecule has 1 fully saturated rings. The van der Waals surface area contributed by atoms with Crippen molar-refractivity contribution in [2.45, 2.75) is 0 Å². The molecule has 16 heavy (non-hydrogen) atoms. The summed E-state index contributed by atoms with van der Waals surface area (Å²) in [5, 5.41) is 9.03. The molecule has 1 aliphatic rings. The van der Waals surface area contributed by atoms with Gasteiger partial charge in [0.1, 0.15) is 0 Å². The summed E-state index contributed by atoms with van der Waals surface area (Å²) in [6.07, 6.45) is 0. The number of para-hydroxylation sites is 1. The SMILES string of the molecule is CN(C(=O)C1(C#N)COC1)c1ccccc1. The van der Waals surface area contributed by atoms with E-state index in [1.54, 1.807) is 7.05 Å². The van der Waals surface area contributed by atoms with Gasteiger partial charge >= 0.3 is 0 Å². The zero-order valence-corrected chi connectivity index (χ0v) is 9.01. The summed E-state index contributed by atoms with van der Waals surface area (Å²) < 4.78 is 4.97. The smallest absolute Gasteiger partial charge is 0.252 e. The van der Waals surface area contributed by atoms with Crippen LogP contribution in [0.25, 0.3) is 0 Å². The number of amides is 1. The lowest BCUT2D eigenvalue weighted by Gasteiger charge is -2.36. The lowest BCUT2D eigenvalue weighted by molar-refractivity contribution is -0.146. The largest absolute Gasteiger partial charge is 0.377 e. The molecule has 1 aliphatic heterocycles. The second-order valence-corrected chi connectivity index (χ2v) is 3.89. The molecule has 82 valence electrons. The van der Waals surface area contributed by atoms with Gasteiger partial charge in [0.25, 0.3) is 5.91 Å². The Hall–Kier alpha value is -1.86. The van der Waals surface area contributed by atoms with E-state index in [9.17, 15) is 4.79 Å². The molecule has 0 saturated carbocycles. The highest BCUT2D eigenvalue weighted by molar-refractivity contribution is 5.99. The first kappa shape index (κ1) is 10.7. The molecule has 4 nitrogen and oxygen atoms in total. The number of anilines is 1. The van der Waals surface area contributed by atoms with E-state index in [4.69, 9.17) is 10.00 Å². The van der Waals surface area contributed by atoms with Crippen molar-refractivity contribution in [3.63, 3.8) is 0 Å². The normalized spacial score (nSPS) is 17.0. The predicted molar refractivity (Wildman–Crippen MR) is 58.7 cm³/mol. The molecule has 1 aromatic carbocycles.